The fourth-order valence-corrected chi connectivity index (χ4v) is 6.29. The van der Waals surface area contributed by atoms with Gasteiger partial charge in [0, 0.05) is 23.4 Å². The van der Waals surface area contributed by atoms with Crippen molar-refractivity contribution in [2.24, 2.45) is 0 Å². The summed E-state index contributed by atoms with van der Waals surface area (Å²) in [7, 11) is -3.49. The fraction of sp³-hybridized carbons (Fsp3) is 0.350. The van der Waals surface area contributed by atoms with E-state index in [2.05, 4.69) is 25.9 Å². The molecule has 1 aliphatic rings. The van der Waals surface area contributed by atoms with E-state index >= 15 is 0 Å². The topological polar surface area (TPSA) is 83.5 Å². The van der Waals surface area contributed by atoms with Gasteiger partial charge in [-0.1, -0.05) is 39.8 Å². The van der Waals surface area contributed by atoms with Crippen LogP contribution in [0.3, 0.4) is 0 Å². The minimum Gasteiger partial charge on any atom is -0.282 e. The highest BCUT2D eigenvalue weighted by atomic mass is 79.9. The predicted molar refractivity (Wildman–Crippen MR) is 122 cm³/mol. The number of halogens is 1. The minimum atomic E-state index is -3.49. The van der Waals surface area contributed by atoms with Crippen molar-refractivity contribution in [2.45, 2.75) is 31.8 Å². The molecule has 1 aromatic carbocycles. The van der Waals surface area contributed by atoms with Crippen LogP contribution in [-0.4, -0.2) is 47.4 Å². The van der Waals surface area contributed by atoms with Crippen LogP contribution in [0.4, 0.5) is 5.13 Å². The number of rotatable bonds is 5. The van der Waals surface area contributed by atoms with Gasteiger partial charge in [-0.05, 0) is 42.7 Å². The summed E-state index contributed by atoms with van der Waals surface area (Å²) in [6.45, 7) is 0.643. The third-order valence-electron chi connectivity index (χ3n) is 5.06. The molecule has 30 heavy (non-hydrogen) atoms. The van der Waals surface area contributed by atoms with Gasteiger partial charge in [0.2, 0.25) is 15.9 Å². The Bertz CT molecular complexity index is 1170. The number of nitrogens with zero attached hydrogens (tertiary/aromatic N) is 4. The third kappa shape index (κ3) is 4.56. The Morgan fingerprint density at radius 1 is 1.33 bits per heavy atom. The van der Waals surface area contributed by atoms with Gasteiger partial charge in [0.25, 0.3) is 0 Å². The fourth-order valence-electron chi connectivity index (χ4n) is 3.64. The van der Waals surface area contributed by atoms with Gasteiger partial charge in [-0.15, -0.1) is 0 Å². The van der Waals surface area contributed by atoms with Crippen LogP contribution in [-0.2, 0) is 21.4 Å². The number of thiazole rings is 1. The molecule has 1 fully saturated rings. The van der Waals surface area contributed by atoms with Crippen molar-refractivity contribution in [3.8, 4) is 0 Å². The van der Waals surface area contributed by atoms with E-state index in [-0.39, 0.29) is 12.5 Å². The molecule has 7 nitrogen and oxygen atoms in total. The molecule has 2 aromatic heterocycles. The second-order valence-corrected chi connectivity index (χ2v) is 11.1. The van der Waals surface area contributed by atoms with E-state index in [9.17, 15) is 13.2 Å². The Labute approximate surface area is 187 Å². The van der Waals surface area contributed by atoms with Crippen LogP contribution in [0.15, 0.2) is 47.2 Å². The maximum atomic E-state index is 13.7. The highest BCUT2D eigenvalue weighted by Crippen LogP contribution is 2.33. The number of hydrogen-bond donors (Lipinski definition) is 0. The molecular weight excluding hydrogens is 488 g/mol. The van der Waals surface area contributed by atoms with E-state index in [0.717, 1.165) is 33.1 Å². The van der Waals surface area contributed by atoms with Crippen molar-refractivity contribution in [3.05, 3.63) is 52.8 Å². The lowest BCUT2D eigenvalue weighted by Crippen LogP contribution is -2.52. The van der Waals surface area contributed by atoms with Crippen LogP contribution in [0.5, 0.6) is 0 Å². The molecule has 0 radical (unpaired) electrons. The molecule has 3 aromatic rings. The molecule has 3 heterocycles. The number of aromatic nitrogens is 2. The van der Waals surface area contributed by atoms with Gasteiger partial charge in [-0.2, -0.15) is 4.31 Å². The van der Waals surface area contributed by atoms with Gasteiger partial charge >= 0.3 is 0 Å². The summed E-state index contributed by atoms with van der Waals surface area (Å²) in [6.07, 6.45) is 6.63. The van der Waals surface area contributed by atoms with E-state index in [1.165, 1.54) is 21.9 Å². The van der Waals surface area contributed by atoms with Gasteiger partial charge in [0.15, 0.2) is 5.13 Å². The SMILES string of the molecule is CS(=O)(=O)N1CCCCC1C(=O)N(Cc1cccnc1)c1nc2ccc(Br)cc2s1. The molecule has 1 unspecified atom stereocenters. The molecule has 158 valence electrons. The summed E-state index contributed by atoms with van der Waals surface area (Å²) in [5.74, 6) is -0.248. The van der Waals surface area contributed by atoms with E-state index < -0.39 is 16.1 Å². The molecule has 0 aliphatic carbocycles. The number of carbonyl (C=O) groups is 1. The van der Waals surface area contributed by atoms with Crippen molar-refractivity contribution in [1.29, 1.82) is 0 Å². The summed E-state index contributed by atoms with van der Waals surface area (Å²) >= 11 is 4.89. The molecule has 1 atom stereocenters. The molecular formula is C20H21BrN4O3S2. The number of carbonyl (C=O) groups excluding carboxylic acids is 1. The molecule has 1 amide bonds. The van der Waals surface area contributed by atoms with Crippen LogP contribution in [0, 0.1) is 0 Å². The third-order valence-corrected chi connectivity index (χ3v) is 7.89. The number of benzene rings is 1. The summed E-state index contributed by atoms with van der Waals surface area (Å²) in [5.41, 5.74) is 1.65. The van der Waals surface area contributed by atoms with Crippen LogP contribution in [0.1, 0.15) is 24.8 Å². The average molecular weight is 509 g/mol. The Morgan fingerprint density at radius 2 is 2.17 bits per heavy atom. The molecule has 10 heteroatoms. The number of sulfonamides is 1. The first-order valence-electron chi connectivity index (χ1n) is 9.56. The molecule has 0 N–H and O–H groups in total. The maximum Gasteiger partial charge on any atom is 0.247 e. The number of fused-ring (bicyclic) bond motifs is 1. The maximum absolute atomic E-state index is 13.7. The van der Waals surface area contributed by atoms with Gasteiger partial charge in [0.05, 0.1) is 23.0 Å². The number of anilines is 1. The van der Waals surface area contributed by atoms with E-state index in [4.69, 9.17) is 0 Å². The highest BCUT2D eigenvalue weighted by Gasteiger charge is 2.38. The summed E-state index contributed by atoms with van der Waals surface area (Å²) in [6, 6.07) is 8.76. The zero-order valence-electron chi connectivity index (χ0n) is 16.4. The van der Waals surface area contributed by atoms with Crippen LogP contribution in [0.25, 0.3) is 10.2 Å². The van der Waals surface area contributed by atoms with Crippen molar-refractivity contribution < 1.29 is 13.2 Å². The number of piperidine rings is 1. The summed E-state index contributed by atoms with van der Waals surface area (Å²) in [5, 5.41) is 0.552. The Kier molecular flexibility index (Phi) is 6.19. The minimum absolute atomic E-state index is 0.248. The van der Waals surface area contributed by atoms with Crippen molar-refractivity contribution in [1.82, 2.24) is 14.3 Å². The van der Waals surface area contributed by atoms with Crippen LogP contribution >= 0.6 is 27.3 Å². The Hall–Kier alpha value is -1.88. The first-order valence-corrected chi connectivity index (χ1v) is 13.0. The van der Waals surface area contributed by atoms with Crippen molar-refractivity contribution in [3.63, 3.8) is 0 Å². The van der Waals surface area contributed by atoms with Crippen LogP contribution in [0.2, 0.25) is 0 Å². The quantitative estimate of drug-likeness (QED) is 0.523. The van der Waals surface area contributed by atoms with Gasteiger partial charge in [-0.3, -0.25) is 14.7 Å². The van der Waals surface area contributed by atoms with Crippen molar-refractivity contribution >= 4 is 58.5 Å². The number of hydrogen-bond acceptors (Lipinski definition) is 6. The monoisotopic (exact) mass is 508 g/mol. The lowest BCUT2D eigenvalue weighted by Gasteiger charge is -2.35. The predicted octanol–water partition coefficient (Wildman–Crippen LogP) is 3.80. The first kappa shape index (κ1) is 21.4. The molecule has 1 saturated heterocycles. The van der Waals surface area contributed by atoms with Crippen LogP contribution < -0.4 is 4.90 Å². The largest absolute Gasteiger partial charge is 0.282 e. The zero-order valence-corrected chi connectivity index (χ0v) is 19.6. The smallest absolute Gasteiger partial charge is 0.247 e. The molecule has 4 rings (SSSR count). The number of amides is 1. The van der Waals surface area contributed by atoms with Gasteiger partial charge < -0.3 is 0 Å². The van der Waals surface area contributed by atoms with Gasteiger partial charge in [-0.25, -0.2) is 13.4 Å². The second-order valence-electron chi connectivity index (χ2n) is 7.28. The number of pyridine rings is 1. The standard InChI is InChI=1S/C20H21BrN4O3S2/c1-30(27,28)25-10-3-2-6-17(25)19(26)24(13-14-5-4-9-22-12-14)20-23-16-8-7-15(21)11-18(16)29-20/h4-5,7-9,11-12,17H,2-3,6,10,13H2,1H3. The van der Waals surface area contributed by atoms with Gasteiger partial charge in [0.1, 0.15) is 6.04 Å². The normalized spacial score (nSPS) is 17.9. The second kappa shape index (κ2) is 8.70. The molecule has 0 bridgehead atoms. The average Bonchev–Trinajstić information content (AvgIpc) is 3.14. The lowest BCUT2D eigenvalue weighted by molar-refractivity contribution is -0.123. The van der Waals surface area contributed by atoms with E-state index in [1.807, 2.05) is 30.3 Å². The highest BCUT2D eigenvalue weighted by molar-refractivity contribution is 9.10. The Morgan fingerprint density at radius 3 is 2.90 bits per heavy atom. The zero-order chi connectivity index (χ0) is 21.3. The summed E-state index contributed by atoms with van der Waals surface area (Å²) < 4.78 is 27.9. The van der Waals surface area contributed by atoms with Crippen molar-refractivity contribution in [2.75, 3.05) is 17.7 Å². The first-order chi connectivity index (χ1) is 14.3. The lowest BCUT2D eigenvalue weighted by atomic mass is 10.0. The Balaban J connectivity index is 1.74. The molecule has 1 aliphatic heterocycles. The van der Waals surface area contributed by atoms with E-state index in [1.54, 1.807) is 17.3 Å². The molecule has 0 spiro atoms. The summed E-state index contributed by atoms with van der Waals surface area (Å²) in [4.78, 5) is 24.1. The van der Waals surface area contributed by atoms with E-state index in [0.29, 0.717) is 18.1 Å². The molecule has 0 saturated carbocycles.